The van der Waals surface area contributed by atoms with E-state index in [1.165, 1.54) is 25.1 Å². The van der Waals surface area contributed by atoms with Crippen LogP contribution in [0.1, 0.15) is 29.7 Å². The number of carbonyl (C=O) groups is 1. The number of halogens is 3. The van der Waals surface area contributed by atoms with Crippen molar-refractivity contribution in [2.45, 2.75) is 25.6 Å². The number of carboxylic acid groups (broad SMARTS) is 1. The zero-order chi connectivity index (χ0) is 15.1. The number of hydrogen-bond donors (Lipinski definition) is 2. The molecule has 1 aromatic heterocycles. The van der Waals surface area contributed by atoms with Gasteiger partial charge in [-0.05, 0) is 19.1 Å². The van der Waals surface area contributed by atoms with E-state index in [1.807, 2.05) is 0 Å². The van der Waals surface area contributed by atoms with E-state index in [0.29, 0.717) is 0 Å². The second kappa shape index (κ2) is 4.69. The van der Waals surface area contributed by atoms with Crippen molar-refractivity contribution in [3.05, 3.63) is 34.2 Å². The minimum absolute atomic E-state index is 0.0262. The van der Waals surface area contributed by atoms with E-state index in [9.17, 15) is 22.8 Å². The van der Waals surface area contributed by atoms with Crippen LogP contribution in [0.25, 0.3) is 11.0 Å². The Kier molecular flexibility index (Phi) is 3.33. The minimum atomic E-state index is -4.44. The molecule has 2 N–H and O–H groups in total. The molecule has 2 rings (SSSR count). The van der Waals surface area contributed by atoms with E-state index in [-0.39, 0.29) is 16.6 Å². The Hall–Kier alpha value is -2.25. The highest BCUT2D eigenvalue weighted by Crippen LogP contribution is 2.29. The first-order valence-electron chi connectivity index (χ1n) is 5.74. The molecule has 0 amide bonds. The third-order valence-electron chi connectivity index (χ3n) is 2.94. The molecule has 0 saturated heterocycles. The van der Waals surface area contributed by atoms with Crippen molar-refractivity contribution >= 4 is 17.0 Å². The maximum atomic E-state index is 12.4. The summed E-state index contributed by atoms with van der Waals surface area (Å²) in [7, 11) is 0. The van der Waals surface area contributed by atoms with Gasteiger partial charge in [0.15, 0.2) is 0 Å². The van der Waals surface area contributed by atoms with Crippen LogP contribution in [0.3, 0.4) is 0 Å². The van der Waals surface area contributed by atoms with Gasteiger partial charge in [0, 0.05) is 6.04 Å². The molecular weight excluding hydrogens is 277 g/mol. The van der Waals surface area contributed by atoms with E-state index in [0.717, 1.165) is 4.57 Å². The summed E-state index contributed by atoms with van der Waals surface area (Å²) < 4.78 is 38.2. The molecule has 108 valence electrons. The number of rotatable bonds is 3. The Morgan fingerprint density at radius 1 is 1.45 bits per heavy atom. The van der Waals surface area contributed by atoms with Gasteiger partial charge in [-0.3, -0.25) is 4.57 Å². The molecule has 2 aromatic rings. The van der Waals surface area contributed by atoms with Crippen LogP contribution in [0.5, 0.6) is 0 Å². The lowest BCUT2D eigenvalue weighted by Gasteiger charge is -2.16. The molecule has 1 unspecified atom stereocenters. The van der Waals surface area contributed by atoms with Gasteiger partial charge in [0.25, 0.3) is 0 Å². The first-order valence-corrected chi connectivity index (χ1v) is 5.74. The van der Waals surface area contributed by atoms with Gasteiger partial charge < -0.3 is 10.1 Å². The Morgan fingerprint density at radius 2 is 2.10 bits per heavy atom. The summed E-state index contributed by atoms with van der Waals surface area (Å²) in [5, 5.41) is 9.08. The van der Waals surface area contributed by atoms with Gasteiger partial charge in [-0.15, -0.1) is 0 Å². The third kappa shape index (κ3) is 2.54. The fraction of sp³-hybridized carbons (Fsp3) is 0.333. The Balaban J connectivity index is 2.66. The number of nitrogens with one attached hydrogen (secondary N) is 1. The number of carboxylic acids is 1. The van der Waals surface area contributed by atoms with Crippen LogP contribution in [0.2, 0.25) is 0 Å². The van der Waals surface area contributed by atoms with Crippen LogP contribution in [-0.4, -0.2) is 26.8 Å². The molecule has 0 radical (unpaired) electrons. The van der Waals surface area contributed by atoms with Crippen molar-refractivity contribution in [3.63, 3.8) is 0 Å². The number of fused-ring (bicyclic) bond motifs is 1. The highest BCUT2D eigenvalue weighted by molar-refractivity contribution is 6.01. The molecule has 5 nitrogen and oxygen atoms in total. The fourth-order valence-electron chi connectivity index (χ4n) is 2.20. The van der Waals surface area contributed by atoms with E-state index >= 15 is 0 Å². The topological polar surface area (TPSA) is 75.1 Å². The smallest absolute Gasteiger partial charge is 0.391 e. The number of hydrogen-bond acceptors (Lipinski definition) is 2. The number of aromatic amines is 1. The number of alkyl halides is 3. The number of imidazole rings is 1. The summed E-state index contributed by atoms with van der Waals surface area (Å²) in [6.07, 6.45) is -5.66. The van der Waals surface area contributed by atoms with Gasteiger partial charge in [0.2, 0.25) is 0 Å². The van der Waals surface area contributed by atoms with Crippen LogP contribution in [-0.2, 0) is 0 Å². The molecule has 0 saturated carbocycles. The second-order valence-corrected chi connectivity index (χ2v) is 4.48. The number of aromatic carboxylic acids is 1. The Labute approximate surface area is 110 Å². The van der Waals surface area contributed by atoms with Crippen LogP contribution >= 0.6 is 0 Å². The number of H-pyrrole nitrogens is 1. The maximum absolute atomic E-state index is 12.4. The molecule has 0 aliphatic rings. The number of benzene rings is 1. The van der Waals surface area contributed by atoms with Gasteiger partial charge in [-0.1, -0.05) is 6.07 Å². The van der Waals surface area contributed by atoms with Crippen molar-refractivity contribution in [1.29, 1.82) is 0 Å². The Bertz CT molecular complexity index is 715. The summed E-state index contributed by atoms with van der Waals surface area (Å²) >= 11 is 0. The number of para-hydroxylation sites is 1. The average molecular weight is 288 g/mol. The quantitative estimate of drug-likeness (QED) is 0.911. The molecule has 20 heavy (non-hydrogen) atoms. The summed E-state index contributed by atoms with van der Waals surface area (Å²) in [6.45, 7) is 1.22. The predicted octanol–water partition coefficient (Wildman–Crippen LogP) is 2.54. The highest BCUT2D eigenvalue weighted by atomic mass is 19.4. The van der Waals surface area contributed by atoms with E-state index in [1.54, 1.807) is 0 Å². The van der Waals surface area contributed by atoms with Gasteiger partial charge in [0.1, 0.15) is 0 Å². The highest BCUT2D eigenvalue weighted by Gasteiger charge is 2.32. The molecule has 8 heteroatoms. The summed E-state index contributed by atoms with van der Waals surface area (Å²) in [5.74, 6) is -1.30. The molecule has 0 fully saturated rings. The van der Waals surface area contributed by atoms with Crippen molar-refractivity contribution in [2.24, 2.45) is 0 Å². The lowest BCUT2D eigenvalue weighted by atomic mass is 10.1. The maximum Gasteiger partial charge on any atom is 0.391 e. The van der Waals surface area contributed by atoms with Crippen LogP contribution < -0.4 is 5.69 Å². The normalized spacial score (nSPS) is 13.6. The third-order valence-corrected chi connectivity index (χ3v) is 2.94. The van der Waals surface area contributed by atoms with Crippen LogP contribution in [0.15, 0.2) is 23.0 Å². The fourth-order valence-corrected chi connectivity index (χ4v) is 2.20. The number of nitrogens with zero attached hydrogens (tertiary/aromatic N) is 1. The SMILES string of the molecule is CC(CC(F)(F)F)n1c(=O)[nH]c2cccc(C(=O)O)c21. The van der Waals surface area contributed by atoms with Crippen LogP contribution in [0.4, 0.5) is 13.2 Å². The van der Waals surface area contributed by atoms with E-state index < -0.39 is 30.3 Å². The zero-order valence-corrected chi connectivity index (χ0v) is 10.4. The lowest BCUT2D eigenvalue weighted by molar-refractivity contribution is -0.141. The Morgan fingerprint density at radius 3 is 2.65 bits per heavy atom. The van der Waals surface area contributed by atoms with Gasteiger partial charge in [0.05, 0.1) is 23.0 Å². The summed E-state index contributed by atoms with van der Waals surface area (Å²) in [6, 6.07) is 2.91. The first-order chi connectivity index (χ1) is 9.20. The monoisotopic (exact) mass is 288 g/mol. The molecular formula is C12H11F3N2O3. The molecule has 0 aliphatic heterocycles. The largest absolute Gasteiger partial charge is 0.478 e. The van der Waals surface area contributed by atoms with Crippen LogP contribution in [0, 0.1) is 0 Å². The van der Waals surface area contributed by atoms with Gasteiger partial charge >= 0.3 is 17.8 Å². The minimum Gasteiger partial charge on any atom is -0.478 e. The van der Waals surface area contributed by atoms with Crippen molar-refractivity contribution in [2.75, 3.05) is 0 Å². The standard InChI is InChI=1S/C12H11F3N2O3/c1-6(5-12(13,14)15)17-9-7(10(18)19)3-2-4-8(9)16-11(17)20/h2-4,6H,5H2,1H3,(H,16,20)(H,18,19). The van der Waals surface area contributed by atoms with Crippen molar-refractivity contribution in [3.8, 4) is 0 Å². The van der Waals surface area contributed by atoms with Crippen molar-refractivity contribution < 1.29 is 23.1 Å². The summed E-state index contributed by atoms with van der Waals surface area (Å²) in [5.41, 5.74) is -0.800. The van der Waals surface area contributed by atoms with Gasteiger partial charge in [-0.25, -0.2) is 9.59 Å². The predicted molar refractivity (Wildman–Crippen MR) is 64.9 cm³/mol. The molecule has 1 aromatic carbocycles. The second-order valence-electron chi connectivity index (χ2n) is 4.48. The molecule has 1 atom stereocenters. The van der Waals surface area contributed by atoms with Gasteiger partial charge in [-0.2, -0.15) is 13.2 Å². The molecule has 0 spiro atoms. The lowest BCUT2D eigenvalue weighted by Crippen LogP contribution is -2.25. The summed E-state index contributed by atoms with van der Waals surface area (Å²) in [4.78, 5) is 25.3. The number of aromatic nitrogens is 2. The van der Waals surface area contributed by atoms with Crippen molar-refractivity contribution in [1.82, 2.24) is 9.55 Å². The average Bonchev–Trinajstić information content (AvgIpc) is 2.61. The molecule has 0 bridgehead atoms. The van der Waals surface area contributed by atoms with E-state index in [2.05, 4.69) is 4.98 Å². The molecule has 1 heterocycles. The van der Waals surface area contributed by atoms with E-state index in [4.69, 9.17) is 5.11 Å². The zero-order valence-electron chi connectivity index (χ0n) is 10.4. The first kappa shape index (κ1) is 14.2. The molecule has 0 aliphatic carbocycles.